The van der Waals surface area contributed by atoms with Gasteiger partial charge in [-0.05, 0) is 32.1 Å². The minimum atomic E-state index is -2.71. The largest absolute Gasteiger partial charge is 0.458 e. The van der Waals surface area contributed by atoms with E-state index in [0.717, 1.165) is 57.8 Å². The fourth-order valence-corrected chi connectivity index (χ4v) is 2.90. The molecule has 130 valence electrons. The van der Waals surface area contributed by atoms with Gasteiger partial charge in [0.2, 0.25) is 5.91 Å². The molecule has 1 aliphatic heterocycles. The van der Waals surface area contributed by atoms with Crippen LogP contribution in [0.3, 0.4) is 0 Å². The molecule has 0 radical (unpaired) electrons. The molecular formula is C17H29N3O3. The van der Waals surface area contributed by atoms with Crippen LogP contribution >= 0.6 is 0 Å². The number of hydrogen-bond acceptors (Lipinski definition) is 4. The van der Waals surface area contributed by atoms with Crippen LogP contribution in [0.5, 0.6) is 0 Å². The van der Waals surface area contributed by atoms with Crippen LogP contribution in [-0.2, 0) is 14.3 Å². The first-order valence-corrected chi connectivity index (χ1v) is 8.60. The molecule has 1 saturated carbocycles. The second kappa shape index (κ2) is 8.31. The zero-order valence-corrected chi connectivity index (χ0v) is 13.7. The highest BCUT2D eigenvalue weighted by molar-refractivity contribution is 5.96. The van der Waals surface area contributed by atoms with E-state index in [-0.39, 0.29) is 6.42 Å². The lowest BCUT2D eigenvalue weighted by atomic mass is 10.0. The van der Waals surface area contributed by atoms with Gasteiger partial charge in [0, 0.05) is 17.5 Å². The van der Waals surface area contributed by atoms with Crippen LogP contribution in [0.25, 0.3) is 0 Å². The highest BCUT2D eigenvalue weighted by atomic mass is 16.6. The third-order valence-electron chi connectivity index (χ3n) is 4.49. The molecule has 0 atom stereocenters. The summed E-state index contributed by atoms with van der Waals surface area (Å²) in [5.41, 5.74) is -0.448. The first-order valence-electron chi connectivity index (χ1n) is 10.1. The summed E-state index contributed by atoms with van der Waals surface area (Å²) in [6.45, 7) is -3.28. The molecule has 2 aliphatic rings. The zero-order valence-electron chi connectivity index (χ0n) is 16.7. The van der Waals surface area contributed by atoms with E-state index in [1.165, 1.54) is 0 Å². The molecule has 2 fully saturated rings. The summed E-state index contributed by atoms with van der Waals surface area (Å²) in [6.07, 6.45) is 9.70. The van der Waals surface area contributed by atoms with Crippen molar-refractivity contribution in [3.05, 3.63) is 0 Å². The number of ether oxygens (including phenoxy) is 1. The number of hydrogen-bond donors (Lipinski definition) is 2. The lowest BCUT2D eigenvalue weighted by Gasteiger charge is -2.22. The lowest BCUT2D eigenvalue weighted by Crippen LogP contribution is -2.44. The van der Waals surface area contributed by atoms with Crippen LogP contribution in [-0.4, -0.2) is 41.9 Å². The summed E-state index contributed by atoms with van der Waals surface area (Å²) in [5.74, 6) is -1.65. The standard InChI is InChI=1S/C17H29N3O3/c1-20-13-15(22)23-17(11-12-17)10-8-6-4-2-3-5-7-9-14(21)19-16(20)18/h2-13H2,1H3,(H2,18,19,21)/i1D3. The smallest absolute Gasteiger partial charge is 0.326 e. The molecule has 1 heterocycles. The van der Waals surface area contributed by atoms with E-state index in [4.69, 9.17) is 14.3 Å². The third-order valence-corrected chi connectivity index (χ3v) is 4.49. The summed E-state index contributed by atoms with van der Waals surface area (Å²) >= 11 is 0. The Bertz CT molecular complexity index is 533. The quantitative estimate of drug-likeness (QED) is 0.670. The molecular weight excluding hydrogens is 294 g/mol. The SMILES string of the molecule is [2H]C([2H])([2H])N1CC(=O)OC2(CCCCCCCCCC(=O)NC1=N)CC2. The Hall–Kier alpha value is -1.59. The molecule has 6 nitrogen and oxygen atoms in total. The van der Waals surface area contributed by atoms with E-state index in [1.54, 1.807) is 0 Å². The summed E-state index contributed by atoms with van der Waals surface area (Å²) in [6, 6.07) is 0. The zero-order chi connectivity index (χ0) is 19.2. The van der Waals surface area contributed by atoms with E-state index >= 15 is 0 Å². The Kier molecular flexibility index (Phi) is 4.99. The molecule has 2 N–H and O–H groups in total. The minimum Gasteiger partial charge on any atom is -0.458 e. The van der Waals surface area contributed by atoms with Gasteiger partial charge in [-0.3, -0.25) is 20.3 Å². The van der Waals surface area contributed by atoms with Gasteiger partial charge in [0.15, 0.2) is 5.96 Å². The number of guanidine groups is 1. The van der Waals surface area contributed by atoms with Gasteiger partial charge in [0.25, 0.3) is 0 Å². The number of carbonyl (C=O) groups is 2. The van der Waals surface area contributed by atoms with Crippen molar-refractivity contribution in [3.8, 4) is 0 Å². The summed E-state index contributed by atoms with van der Waals surface area (Å²) in [4.78, 5) is 24.8. The van der Waals surface area contributed by atoms with Crippen molar-refractivity contribution in [2.24, 2.45) is 0 Å². The molecule has 6 heteroatoms. The van der Waals surface area contributed by atoms with Crippen molar-refractivity contribution in [3.63, 3.8) is 0 Å². The first kappa shape index (κ1) is 13.8. The van der Waals surface area contributed by atoms with Crippen molar-refractivity contribution in [1.82, 2.24) is 10.2 Å². The number of nitrogens with zero attached hydrogens (tertiary/aromatic N) is 1. The first-order chi connectivity index (χ1) is 12.2. The van der Waals surface area contributed by atoms with Gasteiger partial charge in [-0.15, -0.1) is 0 Å². The average molecular weight is 326 g/mol. The van der Waals surface area contributed by atoms with Crippen molar-refractivity contribution >= 4 is 17.8 Å². The van der Waals surface area contributed by atoms with E-state index in [2.05, 4.69) is 5.32 Å². The highest BCUT2D eigenvalue weighted by Crippen LogP contribution is 2.44. The van der Waals surface area contributed by atoms with Crippen LogP contribution in [0.15, 0.2) is 0 Å². The number of rotatable bonds is 0. The van der Waals surface area contributed by atoms with E-state index in [0.29, 0.717) is 11.3 Å². The Labute approximate surface area is 142 Å². The molecule has 0 aromatic carbocycles. The van der Waals surface area contributed by atoms with Gasteiger partial charge < -0.3 is 9.64 Å². The molecule has 1 aliphatic carbocycles. The molecule has 1 spiro atoms. The number of nitrogens with one attached hydrogen (secondary N) is 2. The van der Waals surface area contributed by atoms with Crippen molar-refractivity contribution < 1.29 is 18.4 Å². The van der Waals surface area contributed by atoms with Crippen molar-refractivity contribution in [2.75, 3.05) is 13.5 Å². The Morgan fingerprint density at radius 1 is 1.09 bits per heavy atom. The molecule has 0 unspecified atom stereocenters. The monoisotopic (exact) mass is 326 g/mol. The van der Waals surface area contributed by atoms with E-state index in [9.17, 15) is 9.59 Å². The van der Waals surface area contributed by atoms with Crippen LogP contribution in [0.2, 0.25) is 0 Å². The predicted octanol–water partition coefficient (Wildman–Crippen LogP) is 2.57. The fourth-order valence-electron chi connectivity index (χ4n) is 2.90. The maximum absolute atomic E-state index is 12.2. The van der Waals surface area contributed by atoms with E-state index in [1.807, 2.05) is 0 Å². The average Bonchev–Trinajstić information content (AvgIpc) is 3.28. The van der Waals surface area contributed by atoms with Gasteiger partial charge in [-0.2, -0.15) is 0 Å². The van der Waals surface area contributed by atoms with Gasteiger partial charge >= 0.3 is 5.97 Å². The van der Waals surface area contributed by atoms with Gasteiger partial charge in [0.1, 0.15) is 12.1 Å². The molecule has 1 amide bonds. The van der Waals surface area contributed by atoms with Crippen LogP contribution in [0.4, 0.5) is 0 Å². The third kappa shape index (κ3) is 6.20. The number of esters is 1. The molecule has 1 saturated heterocycles. The lowest BCUT2D eigenvalue weighted by molar-refractivity contribution is -0.152. The number of likely N-dealkylation sites (N-methyl/N-ethyl adjacent to an activating group) is 1. The Morgan fingerprint density at radius 2 is 1.74 bits per heavy atom. The van der Waals surface area contributed by atoms with Gasteiger partial charge in [0.05, 0.1) is 0 Å². The number of carbonyl (C=O) groups excluding carboxylic acids is 2. The maximum atomic E-state index is 12.2. The van der Waals surface area contributed by atoms with Crippen LogP contribution in [0, 0.1) is 5.41 Å². The number of amides is 1. The Balaban J connectivity index is 2.04. The van der Waals surface area contributed by atoms with Crippen LogP contribution < -0.4 is 5.32 Å². The second-order valence-electron chi connectivity index (χ2n) is 6.61. The molecule has 0 aromatic rings. The molecule has 0 aromatic heterocycles. The topological polar surface area (TPSA) is 82.5 Å². The summed E-state index contributed by atoms with van der Waals surface area (Å²) in [5, 5.41) is 10.2. The maximum Gasteiger partial charge on any atom is 0.326 e. The van der Waals surface area contributed by atoms with Crippen LogP contribution in [0.1, 0.15) is 74.7 Å². The fraction of sp³-hybridized carbons (Fsp3) is 0.824. The molecule has 0 bridgehead atoms. The predicted molar refractivity (Wildman–Crippen MR) is 88.1 cm³/mol. The van der Waals surface area contributed by atoms with E-state index < -0.39 is 37.0 Å². The van der Waals surface area contributed by atoms with Gasteiger partial charge in [-0.1, -0.05) is 32.1 Å². The molecule has 23 heavy (non-hydrogen) atoms. The minimum absolute atomic E-state index is 0.241. The highest BCUT2D eigenvalue weighted by Gasteiger charge is 2.46. The second-order valence-corrected chi connectivity index (χ2v) is 6.61. The van der Waals surface area contributed by atoms with Crippen molar-refractivity contribution in [2.45, 2.75) is 76.2 Å². The summed E-state index contributed by atoms with van der Waals surface area (Å²) < 4.78 is 28.2. The van der Waals surface area contributed by atoms with Gasteiger partial charge in [-0.25, -0.2) is 0 Å². The Morgan fingerprint density at radius 3 is 2.39 bits per heavy atom. The summed E-state index contributed by atoms with van der Waals surface area (Å²) in [7, 11) is 0. The normalized spacial score (nSPS) is 27.2. The van der Waals surface area contributed by atoms with Crippen molar-refractivity contribution in [1.29, 1.82) is 5.41 Å². The molecule has 2 rings (SSSR count).